The number of fused-ring (bicyclic) bond motifs is 1. The predicted octanol–water partition coefficient (Wildman–Crippen LogP) is 2.41. The summed E-state index contributed by atoms with van der Waals surface area (Å²) in [6.07, 6.45) is 2.92. The van der Waals surface area contributed by atoms with Crippen molar-refractivity contribution in [3.05, 3.63) is 35.4 Å². The second-order valence-corrected chi connectivity index (χ2v) is 5.86. The summed E-state index contributed by atoms with van der Waals surface area (Å²) in [5.41, 5.74) is 8.37. The monoisotopic (exact) mass is 260 g/mol. The Morgan fingerprint density at radius 1 is 1.42 bits per heavy atom. The van der Waals surface area contributed by atoms with Crippen LogP contribution in [0.25, 0.3) is 0 Å². The number of aryl methyl sites for hydroxylation is 1. The normalized spacial score (nSPS) is 19.3. The zero-order chi connectivity index (χ0) is 13.8. The lowest BCUT2D eigenvalue weighted by atomic mass is 9.96. The molecule has 19 heavy (non-hydrogen) atoms. The second kappa shape index (κ2) is 6.20. The van der Waals surface area contributed by atoms with E-state index in [1.165, 1.54) is 11.1 Å². The molecule has 2 atom stereocenters. The summed E-state index contributed by atoms with van der Waals surface area (Å²) >= 11 is 0. The molecule has 0 radical (unpaired) electrons. The molecule has 1 aromatic carbocycles. The van der Waals surface area contributed by atoms with E-state index >= 15 is 0 Å². The topological polar surface area (TPSA) is 55.1 Å². The van der Waals surface area contributed by atoms with Crippen LogP contribution in [0.5, 0.6) is 0 Å². The van der Waals surface area contributed by atoms with Gasteiger partial charge in [0.15, 0.2) is 0 Å². The van der Waals surface area contributed by atoms with E-state index in [9.17, 15) is 4.79 Å². The molecule has 0 heterocycles. The molecule has 1 aromatic rings. The van der Waals surface area contributed by atoms with E-state index in [-0.39, 0.29) is 17.9 Å². The van der Waals surface area contributed by atoms with E-state index in [4.69, 9.17) is 5.73 Å². The van der Waals surface area contributed by atoms with Gasteiger partial charge in [0.25, 0.3) is 0 Å². The maximum atomic E-state index is 12.3. The first kappa shape index (κ1) is 14.1. The van der Waals surface area contributed by atoms with Gasteiger partial charge in [-0.1, -0.05) is 38.1 Å². The molecule has 3 heteroatoms. The summed E-state index contributed by atoms with van der Waals surface area (Å²) in [7, 11) is 0. The third-order valence-electron chi connectivity index (χ3n) is 3.86. The Kier molecular flexibility index (Phi) is 4.59. The second-order valence-electron chi connectivity index (χ2n) is 5.86. The van der Waals surface area contributed by atoms with Gasteiger partial charge in [-0.2, -0.15) is 0 Å². The number of rotatable bonds is 5. The molecular formula is C16H24N2O. The summed E-state index contributed by atoms with van der Waals surface area (Å²) in [5, 5.41) is 3.17. The van der Waals surface area contributed by atoms with Gasteiger partial charge in [-0.3, -0.25) is 4.79 Å². The van der Waals surface area contributed by atoms with Gasteiger partial charge < -0.3 is 11.1 Å². The zero-order valence-corrected chi connectivity index (χ0v) is 11.9. The van der Waals surface area contributed by atoms with E-state index in [2.05, 4.69) is 37.4 Å². The fourth-order valence-electron chi connectivity index (χ4n) is 2.88. The van der Waals surface area contributed by atoms with Crippen molar-refractivity contribution in [2.75, 3.05) is 6.54 Å². The van der Waals surface area contributed by atoms with Crippen LogP contribution in [0.2, 0.25) is 0 Å². The quantitative estimate of drug-likeness (QED) is 0.854. The Morgan fingerprint density at radius 2 is 2.16 bits per heavy atom. The highest BCUT2D eigenvalue weighted by atomic mass is 16.1. The smallest absolute Gasteiger partial charge is 0.224 e. The number of carbonyl (C=O) groups is 1. The van der Waals surface area contributed by atoms with Crippen molar-refractivity contribution in [2.24, 2.45) is 17.6 Å². The van der Waals surface area contributed by atoms with Gasteiger partial charge in [-0.15, -0.1) is 0 Å². The zero-order valence-electron chi connectivity index (χ0n) is 11.9. The Hall–Kier alpha value is -1.35. The van der Waals surface area contributed by atoms with Crippen molar-refractivity contribution in [3.8, 4) is 0 Å². The third kappa shape index (κ3) is 3.35. The summed E-state index contributed by atoms with van der Waals surface area (Å²) in [5.74, 6) is 0.542. The molecule has 0 aliphatic heterocycles. The largest absolute Gasteiger partial charge is 0.349 e. The molecule has 0 aromatic heterocycles. The van der Waals surface area contributed by atoms with E-state index in [0.29, 0.717) is 12.5 Å². The van der Waals surface area contributed by atoms with Crippen LogP contribution in [0.3, 0.4) is 0 Å². The number of carbonyl (C=O) groups excluding carboxylic acids is 1. The Balaban J connectivity index is 2.00. The fraction of sp³-hybridized carbons (Fsp3) is 0.562. The highest BCUT2D eigenvalue weighted by Crippen LogP contribution is 2.31. The summed E-state index contributed by atoms with van der Waals surface area (Å²) < 4.78 is 0. The van der Waals surface area contributed by atoms with Gasteiger partial charge in [-0.05, 0) is 36.3 Å². The SMILES string of the molecule is CC(C)CC(CN)C(=O)NC1CCc2ccccc21. The van der Waals surface area contributed by atoms with Crippen molar-refractivity contribution >= 4 is 5.91 Å². The molecule has 1 aliphatic carbocycles. The molecule has 3 nitrogen and oxygen atoms in total. The summed E-state index contributed by atoms with van der Waals surface area (Å²) in [6, 6.07) is 8.54. The van der Waals surface area contributed by atoms with Crippen LogP contribution in [-0.4, -0.2) is 12.5 Å². The standard InChI is InChI=1S/C16H24N2O/c1-11(2)9-13(10-17)16(19)18-15-8-7-12-5-3-4-6-14(12)15/h3-6,11,13,15H,7-10,17H2,1-2H3,(H,18,19). The number of amides is 1. The molecule has 2 unspecified atom stereocenters. The lowest BCUT2D eigenvalue weighted by Crippen LogP contribution is -2.37. The van der Waals surface area contributed by atoms with Gasteiger partial charge in [0, 0.05) is 6.54 Å². The average molecular weight is 260 g/mol. The molecule has 104 valence electrons. The molecule has 0 fully saturated rings. The Morgan fingerprint density at radius 3 is 2.84 bits per heavy atom. The number of hydrogen-bond donors (Lipinski definition) is 2. The first-order valence-electron chi connectivity index (χ1n) is 7.20. The number of nitrogens with two attached hydrogens (primary N) is 1. The summed E-state index contributed by atoms with van der Waals surface area (Å²) in [4.78, 5) is 12.3. The van der Waals surface area contributed by atoms with Gasteiger partial charge in [-0.25, -0.2) is 0 Å². The van der Waals surface area contributed by atoms with Crippen LogP contribution < -0.4 is 11.1 Å². The highest BCUT2D eigenvalue weighted by molar-refractivity contribution is 5.79. The average Bonchev–Trinajstić information content (AvgIpc) is 2.79. The van der Waals surface area contributed by atoms with Crippen LogP contribution in [0.1, 0.15) is 43.9 Å². The van der Waals surface area contributed by atoms with E-state index in [1.54, 1.807) is 0 Å². The molecular weight excluding hydrogens is 236 g/mol. The van der Waals surface area contributed by atoms with Crippen molar-refractivity contribution in [3.63, 3.8) is 0 Å². The minimum atomic E-state index is -0.0623. The van der Waals surface area contributed by atoms with Crippen molar-refractivity contribution < 1.29 is 4.79 Å². The maximum absolute atomic E-state index is 12.3. The highest BCUT2D eigenvalue weighted by Gasteiger charge is 2.26. The molecule has 1 aliphatic rings. The third-order valence-corrected chi connectivity index (χ3v) is 3.86. The van der Waals surface area contributed by atoms with Crippen molar-refractivity contribution in [1.29, 1.82) is 0 Å². The molecule has 0 saturated heterocycles. The molecule has 0 saturated carbocycles. The van der Waals surface area contributed by atoms with E-state index in [1.807, 2.05) is 6.07 Å². The molecule has 0 spiro atoms. The van der Waals surface area contributed by atoms with Crippen LogP contribution >= 0.6 is 0 Å². The fourth-order valence-corrected chi connectivity index (χ4v) is 2.88. The van der Waals surface area contributed by atoms with Gasteiger partial charge >= 0.3 is 0 Å². The van der Waals surface area contributed by atoms with Gasteiger partial charge in [0.2, 0.25) is 5.91 Å². The Bertz CT molecular complexity index is 442. The Labute approximate surface area is 115 Å². The van der Waals surface area contributed by atoms with Crippen LogP contribution in [0, 0.1) is 11.8 Å². The number of nitrogens with one attached hydrogen (secondary N) is 1. The molecule has 1 amide bonds. The van der Waals surface area contributed by atoms with Crippen LogP contribution in [0.15, 0.2) is 24.3 Å². The van der Waals surface area contributed by atoms with E-state index in [0.717, 1.165) is 19.3 Å². The molecule has 0 bridgehead atoms. The lowest BCUT2D eigenvalue weighted by Gasteiger charge is -2.20. The number of benzene rings is 1. The van der Waals surface area contributed by atoms with Crippen LogP contribution in [-0.2, 0) is 11.2 Å². The molecule has 3 N–H and O–H groups in total. The lowest BCUT2D eigenvalue weighted by molar-refractivity contribution is -0.126. The number of hydrogen-bond acceptors (Lipinski definition) is 2. The minimum absolute atomic E-state index is 0.0623. The van der Waals surface area contributed by atoms with Gasteiger partial charge in [0.1, 0.15) is 0 Å². The summed E-state index contributed by atoms with van der Waals surface area (Å²) in [6.45, 7) is 4.68. The van der Waals surface area contributed by atoms with Crippen molar-refractivity contribution in [1.82, 2.24) is 5.32 Å². The molecule has 2 rings (SSSR count). The van der Waals surface area contributed by atoms with Crippen LogP contribution in [0.4, 0.5) is 0 Å². The predicted molar refractivity (Wildman–Crippen MR) is 77.6 cm³/mol. The first-order chi connectivity index (χ1) is 9.11. The first-order valence-corrected chi connectivity index (χ1v) is 7.20. The van der Waals surface area contributed by atoms with E-state index < -0.39 is 0 Å². The van der Waals surface area contributed by atoms with Gasteiger partial charge in [0.05, 0.1) is 12.0 Å². The minimum Gasteiger partial charge on any atom is -0.349 e. The maximum Gasteiger partial charge on any atom is 0.224 e. The van der Waals surface area contributed by atoms with Crippen molar-refractivity contribution in [2.45, 2.75) is 39.2 Å².